The van der Waals surface area contributed by atoms with Crippen LogP contribution in [0.2, 0.25) is 0 Å². The Bertz CT molecular complexity index is 231. The van der Waals surface area contributed by atoms with Crippen molar-refractivity contribution in [3.8, 4) is 0 Å². The molecular formula is C14H26O. The van der Waals surface area contributed by atoms with Gasteiger partial charge in [-0.25, -0.2) is 0 Å². The van der Waals surface area contributed by atoms with Gasteiger partial charge in [0.2, 0.25) is 0 Å². The van der Waals surface area contributed by atoms with Crippen LogP contribution in [0.25, 0.3) is 0 Å². The standard InChI is InChI=1S/C14H26O/c1-5-13(15)7-9-14(4)8-6-11(2)10-12(14)3/h10,12-13,15H,5-9H2,1-4H3/t12-,13-,14+/m1/s1. The van der Waals surface area contributed by atoms with Gasteiger partial charge in [0.1, 0.15) is 0 Å². The SMILES string of the molecule is CC[C@@H](O)CC[C@]1(C)CCC(C)=C[C@H]1C. The molecule has 88 valence electrons. The van der Waals surface area contributed by atoms with E-state index in [1.54, 1.807) is 0 Å². The van der Waals surface area contributed by atoms with Gasteiger partial charge in [0, 0.05) is 0 Å². The fourth-order valence-corrected chi connectivity index (χ4v) is 2.47. The highest BCUT2D eigenvalue weighted by Crippen LogP contribution is 2.43. The summed E-state index contributed by atoms with van der Waals surface area (Å²) >= 11 is 0. The van der Waals surface area contributed by atoms with Gasteiger partial charge >= 0.3 is 0 Å². The summed E-state index contributed by atoms with van der Waals surface area (Å²) in [6.45, 7) is 8.99. The molecule has 0 saturated carbocycles. The van der Waals surface area contributed by atoms with Crippen LogP contribution < -0.4 is 0 Å². The zero-order valence-corrected chi connectivity index (χ0v) is 10.7. The highest BCUT2D eigenvalue weighted by atomic mass is 16.3. The molecule has 0 fully saturated rings. The summed E-state index contributed by atoms with van der Waals surface area (Å²) < 4.78 is 0. The lowest BCUT2D eigenvalue weighted by Crippen LogP contribution is -2.28. The molecule has 0 spiro atoms. The molecule has 1 aliphatic rings. The van der Waals surface area contributed by atoms with E-state index in [0.29, 0.717) is 11.3 Å². The predicted octanol–water partition coefficient (Wildman–Crippen LogP) is 3.92. The molecule has 0 bridgehead atoms. The van der Waals surface area contributed by atoms with E-state index in [1.165, 1.54) is 18.4 Å². The summed E-state index contributed by atoms with van der Waals surface area (Å²) in [4.78, 5) is 0. The molecule has 1 nitrogen and oxygen atoms in total. The molecule has 0 radical (unpaired) electrons. The van der Waals surface area contributed by atoms with Crippen molar-refractivity contribution in [2.24, 2.45) is 11.3 Å². The molecule has 0 aliphatic heterocycles. The van der Waals surface area contributed by atoms with Crippen molar-refractivity contribution >= 4 is 0 Å². The van der Waals surface area contributed by atoms with Gasteiger partial charge in [-0.15, -0.1) is 0 Å². The quantitative estimate of drug-likeness (QED) is 0.697. The van der Waals surface area contributed by atoms with Gasteiger partial charge in [-0.3, -0.25) is 0 Å². The van der Waals surface area contributed by atoms with Crippen LogP contribution in [0.4, 0.5) is 0 Å². The molecule has 1 N–H and O–H groups in total. The van der Waals surface area contributed by atoms with Crippen molar-refractivity contribution < 1.29 is 5.11 Å². The van der Waals surface area contributed by atoms with Crippen LogP contribution in [0.1, 0.15) is 59.8 Å². The molecule has 1 heteroatoms. The van der Waals surface area contributed by atoms with Crippen LogP contribution in [0.15, 0.2) is 11.6 Å². The van der Waals surface area contributed by atoms with E-state index in [-0.39, 0.29) is 6.10 Å². The normalized spacial score (nSPS) is 33.7. The largest absolute Gasteiger partial charge is 0.393 e. The Balaban J connectivity index is 2.52. The van der Waals surface area contributed by atoms with E-state index >= 15 is 0 Å². The van der Waals surface area contributed by atoms with Crippen molar-refractivity contribution in [1.82, 2.24) is 0 Å². The van der Waals surface area contributed by atoms with Crippen LogP contribution in [0, 0.1) is 11.3 Å². The zero-order chi connectivity index (χ0) is 11.5. The molecule has 0 saturated heterocycles. The number of hydrogen-bond donors (Lipinski definition) is 1. The summed E-state index contributed by atoms with van der Waals surface area (Å²) in [6, 6.07) is 0. The maximum atomic E-state index is 9.63. The van der Waals surface area contributed by atoms with Crippen LogP contribution in [0.3, 0.4) is 0 Å². The molecule has 3 atom stereocenters. The second-order valence-electron chi connectivity index (χ2n) is 5.56. The topological polar surface area (TPSA) is 20.2 Å². The van der Waals surface area contributed by atoms with Gasteiger partial charge in [-0.05, 0) is 50.4 Å². The van der Waals surface area contributed by atoms with E-state index in [9.17, 15) is 5.11 Å². The average Bonchev–Trinajstić information content (AvgIpc) is 2.21. The minimum atomic E-state index is -0.0963. The maximum absolute atomic E-state index is 9.63. The van der Waals surface area contributed by atoms with Gasteiger partial charge in [0.15, 0.2) is 0 Å². The third-order valence-electron chi connectivity index (χ3n) is 4.24. The molecule has 0 amide bonds. The third-order valence-corrected chi connectivity index (χ3v) is 4.24. The van der Waals surface area contributed by atoms with Crippen LogP contribution >= 0.6 is 0 Å². The number of rotatable bonds is 4. The molecule has 0 aromatic carbocycles. The Morgan fingerprint density at radius 3 is 2.80 bits per heavy atom. The smallest absolute Gasteiger partial charge is 0.0537 e. The highest BCUT2D eigenvalue weighted by molar-refractivity contribution is 5.09. The van der Waals surface area contributed by atoms with Gasteiger partial charge in [-0.1, -0.05) is 32.4 Å². The van der Waals surface area contributed by atoms with Gasteiger partial charge in [0.05, 0.1) is 6.10 Å². The van der Waals surface area contributed by atoms with Crippen molar-refractivity contribution in [2.45, 2.75) is 65.9 Å². The van der Waals surface area contributed by atoms with Crippen molar-refractivity contribution in [1.29, 1.82) is 0 Å². The molecule has 1 rings (SSSR count). The lowest BCUT2D eigenvalue weighted by molar-refractivity contribution is 0.112. The van der Waals surface area contributed by atoms with E-state index in [0.717, 1.165) is 19.3 Å². The minimum Gasteiger partial charge on any atom is -0.393 e. The zero-order valence-electron chi connectivity index (χ0n) is 10.7. The molecule has 0 unspecified atom stereocenters. The molecule has 15 heavy (non-hydrogen) atoms. The average molecular weight is 210 g/mol. The summed E-state index contributed by atoms with van der Waals surface area (Å²) in [5, 5.41) is 9.63. The first-order chi connectivity index (χ1) is 6.98. The number of hydrogen-bond acceptors (Lipinski definition) is 1. The molecule has 0 aromatic rings. The van der Waals surface area contributed by atoms with Crippen LogP contribution in [-0.4, -0.2) is 11.2 Å². The fraction of sp³-hybridized carbons (Fsp3) is 0.857. The summed E-state index contributed by atoms with van der Waals surface area (Å²) in [5.74, 6) is 0.662. The van der Waals surface area contributed by atoms with E-state index in [2.05, 4.69) is 33.8 Å². The number of aliphatic hydroxyl groups excluding tert-OH is 1. The van der Waals surface area contributed by atoms with Gasteiger partial charge in [-0.2, -0.15) is 0 Å². The van der Waals surface area contributed by atoms with Crippen molar-refractivity contribution in [3.05, 3.63) is 11.6 Å². The second kappa shape index (κ2) is 5.16. The van der Waals surface area contributed by atoms with E-state index in [1.807, 2.05) is 0 Å². The number of aliphatic hydroxyl groups is 1. The fourth-order valence-electron chi connectivity index (χ4n) is 2.47. The summed E-state index contributed by atoms with van der Waals surface area (Å²) in [7, 11) is 0. The Kier molecular flexibility index (Phi) is 4.39. The minimum absolute atomic E-state index is 0.0963. The van der Waals surface area contributed by atoms with Gasteiger partial charge in [0.25, 0.3) is 0 Å². The van der Waals surface area contributed by atoms with Crippen molar-refractivity contribution in [2.75, 3.05) is 0 Å². The van der Waals surface area contributed by atoms with Gasteiger partial charge < -0.3 is 5.11 Å². The van der Waals surface area contributed by atoms with Crippen LogP contribution in [-0.2, 0) is 0 Å². The monoisotopic (exact) mass is 210 g/mol. The first-order valence-electron chi connectivity index (χ1n) is 6.33. The molecular weight excluding hydrogens is 184 g/mol. The summed E-state index contributed by atoms with van der Waals surface area (Å²) in [6.07, 6.45) is 7.86. The summed E-state index contributed by atoms with van der Waals surface area (Å²) in [5.41, 5.74) is 1.95. The first kappa shape index (κ1) is 12.8. The van der Waals surface area contributed by atoms with E-state index < -0.39 is 0 Å². The lowest BCUT2D eigenvalue weighted by atomic mass is 9.67. The Morgan fingerprint density at radius 2 is 2.27 bits per heavy atom. The molecule has 1 aliphatic carbocycles. The molecule has 0 heterocycles. The van der Waals surface area contributed by atoms with Crippen LogP contribution in [0.5, 0.6) is 0 Å². The van der Waals surface area contributed by atoms with E-state index in [4.69, 9.17) is 0 Å². The maximum Gasteiger partial charge on any atom is 0.0537 e. The third kappa shape index (κ3) is 3.34. The lowest BCUT2D eigenvalue weighted by Gasteiger charge is -2.38. The first-order valence-corrected chi connectivity index (χ1v) is 6.33. The predicted molar refractivity (Wildman–Crippen MR) is 65.8 cm³/mol. The Hall–Kier alpha value is -0.300. The highest BCUT2D eigenvalue weighted by Gasteiger charge is 2.32. The van der Waals surface area contributed by atoms with Crippen molar-refractivity contribution in [3.63, 3.8) is 0 Å². The molecule has 0 aromatic heterocycles. The number of allylic oxidation sites excluding steroid dienone is 2. The second-order valence-corrected chi connectivity index (χ2v) is 5.56. The Morgan fingerprint density at radius 1 is 1.60 bits per heavy atom. The Labute approximate surface area is 94.6 Å².